The lowest BCUT2D eigenvalue weighted by atomic mass is 10.2. The molecular formula is C13H27Cl2N. The third-order valence-electron chi connectivity index (χ3n) is 2.85. The summed E-state index contributed by atoms with van der Waals surface area (Å²) in [6.07, 6.45) is 10.2. The number of nitrogens with zero attached hydrogens (tertiary/aromatic N) is 1. The van der Waals surface area contributed by atoms with Crippen LogP contribution in [-0.2, 0) is 0 Å². The molecule has 16 heavy (non-hydrogen) atoms. The van der Waals surface area contributed by atoms with Crippen LogP contribution in [0.3, 0.4) is 0 Å². The molecule has 0 saturated carbocycles. The van der Waals surface area contributed by atoms with Crippen molar-refractivity contribution in [2.45, 2.75) is 51.4 Å². The Morgan fingerprint density at radius 2 is 1.00 bits per heavy atom. The predicted molar refractivity (Wildman–Crippen MR) is 75.9 cm³/mol. The molecule has 0 aromatic heterocycles. The van der Waals surface area contributed by atoms with Crippen LogP contribution >= 0.6 is 23.2 Å². The minimum absolute atomic E-state index is 0.816. The molecule has 0 N–H and O–H groups in total. The minimum Gasteiger partial charge on any atom is -0.306 e. The molecule has 0 amide bonds. The monoisotopic (exact) mass is 267 g/mol. The molecule has 0 atom stereocenters. The molecule has 0 aromatic rings. The van der Waals surface area contributed by atoms with Gasteiger partial charge >= 0.3 is 0 Å². The second-order valence-corrected chi connectivity index (χ2v) is 5.27. The summed E-state index contributed by atoms with van der Waals surface area (Å²) in [4.78, 5) is 2.45. The largest absolute Gasteiger partial charge is 0.306 e. The molecule has 0 fully saturated rings. The van der Waals surface area contributed by atoms with Gasteiger partial charge in [0.2, 0.25) is 0 Å². The van der Waals surface area contributed by atoms with Crippen molar-refractivity contribution < 1.29 is 0 Å². The van der Waals surface area contributed by atoms with Gasteiger partial charge in [-0.3, -0.25) is 0 Å². The van der Waals surface area contributed by atoms with E-state index in [9.17, 15) is 0 Å². The van der Waals surface area contributed by atoms with Crippen molar-refractivity contribution in [1.29, 1.82) is 0 Å². The summed E-state index contributed by atoms with van der Waals surface area (Å²) in [5.41, 5.74) is 0. The topological polar surface area (TPSA) is 3.24 Å². The fourth-order valence-corrected chi connectivity index (χ4v) is 2.15. The van der Waals surface area contributed by atoms with Gasteiger partial charge in [0.25, 0.3) is 0 Å². The quantitative estimate of drug-likeness (QED) is 0.371. The molecule has 1 nitrogen and oxygen atoms in total. The lowest BCUT2D eigenvalue weighted by Gasteiger charge is -2.16. The van der Waals surface area contributed by atoms with E-state index in [-0.39, 0.29) is 0 Å². The van der Waals surface area contributed by atoms with Gasteiger partial charge in [0, 0.05) is 11.8 Å². The van der Waals surface area contributed by atoms with E-state index in [2.05, 4.69) is 11.9 Å². The highest BCUT2D eigenvalue weighted by atomic mass is 35.5. The molecule has 0 bridgehead atoms. The molecule has 3 heteroatoms. The predicted octanol–water partition coefficient (Wildman–Crippen LogP) is 4.52. The smallest absolute Gasteiger partial charge is 0.0223 e. The van der Waals surface area contributed by atoms with Crippen LogP contribution in [0.1, 0.15) is 51.4 Å². The van der Waals surface area contributed by atoms with Gasteiger partial charge in [-0.2, -0.15) is 0 Å². The van der Waals surface area contributed by atoms with E-state index >= 15 is 0 Å². The van der Waals surface area contributed by atoms with Crippen LogP contribution in [-0.4, -0.2) is 36.8 Å². The SMILES string of the molecule is CN(CCCCCCCl)CCCCCCCl. The first-order chi connectivity index (χ1) is 7.81. The second kappa shape index (κ2) is 13.6. The number of unbranched alkanes of at least 4 members (excludes halogenated alkanes) is 6. The van der Waals surface area contributed by atoms with Crippen LogP contribution in [0.5, 0.6) is 0 Å². The zero-order valence-electron chi connectivity index (χ0n) is 10.7. The Kier molecular flexibility index (Phi) is 14.1. The minimum atomic E-state index is 0.816. The van der Waals surface area contributed by atoms with Gasteiger partial charge in [-0.05, 0) is 45.8 Å². The van der Waals surface area contributed by atoms with E-state index in [4.69, 9.17) is 23.2 Å². The van der Waals surface area contributed by atoms with Crippen molar-refractivity contribution in [2.24, 2.45) is 0 Å². The van der Waals surface area contributed by atoms with Crippen molar-refractivity contribution in [3.8, 4) is 0 Å². The van der Waals surface area contributed by atoms with Crippen molar-refractivity contribution in [2.75, 3.05) is 31.9 Å². The number of alkyl halides is 2. The molecule has 0 radical (unpaired) electrons. The Balaban J connectivity index is 3.09. The molecule has 0 aliphatic carbocycles. The van der Waals surface area contributed by atoms with Gasteiger partial charge in [0.15, 0.2) is 0 Å². The lowest BCUT2D eigenvalue weighted by Crippen LogP contribution is -2.20. The molecular weight excluding hydrogens is 241 g/mol. The summed E-state index contributed by atoms with van der Waals surface area (Å²) >= 11 is 11.3. The van der Waals surface area contributed by atoms with Gasteiger partial charge in [0.1, 0.15) is 0 Å². The molecule has 98 valence electrons. The van der Waals surface area contributed by atoms with E-state index in [0.29, 0.717) is 0 Å². The molecule has 0 aromatic carbocycles. The Morgan fingerprint density at radius 3 is 1.38 bits per heavy atom. The maximum absolute atomic E-state index is 5.63. The highest BCUT2D eigenvalue weighted by molar-refractivity contribution is 6.18. The van der Waals surface area contributed by atoms with Gasteiger partial charge in [-0.25, -0.2) is 0 Å². The van der Waals surface area contributed by atoms with Crippen molar-refractivity contribution in [1.82, 2.24) is 4.90 Å². The Morgan fingerprint density at radius 1 is 0.625 bits per heavy atom. The molecule has 0 aliphatic heterocycles. The summed E-state index contributed by atoms with van der Waals surface area (Å²) in [5, 5.41) is 0. The third-order valence-corrected chi connectivity index (χ3v) is 3.38. The molecule has 0 unspecified atom stereocenters. The number of hydrogen-bond acceptors (Lipinski definition) is 1. The maximum atomic E-state index is 5.63. The first kappa shape index (κ1) is 16.5. The van der Waals surface area contributed by atoms with E-state index in [1.165, 1.54) is 64.5 Å². The van der Waals surface area contributed by atoms with Crippen LogP contribution in [0, 0.1) is 0 Å². The number of halogens is 2. The molecule has 0 aliphatic rings. The summed E-state index contributed by atoms with van der Waals surface area (Å²) < 4.78 is 0. The zero-order chi connectivity index (χ0) is 12.1. The highest BCUT2D eigenvalue weighted by Crippen LogP contribution is 2.05. The van der Waals surface area contributed by atoms with Crippen LogP contribution < -0.4 is 0 Å². The Labute approximate surface area is 111 Å². The average molecular weight is 268 g/mol. The zero-order valence-corrected chi connectivity index (χ0v) is 12.2. The Bertz CT molecular complexity index is 117. The maximum Gasteiger partial charge on any atom is 0.0223 e. The summed E-state index contributed by atoms with van der Waals surface area (Å²) in [7, 11) is 2.23. The summed E-state index contributed by atoms with van der Waals surface area (Å²) in [5.74, 6) is 1.63. The van der Waals surface area contributed by atoms with Gasteiger partial charge in [-0.15, -0.1) is 23.2 Å². The van der Waals surface area contributed by atoms with Crippen LogP contribution in [0.15, 0.2) is 0 Å². The van der Waals surface area contributed by atoms with Crippen LogP contribution in [0.25, 0.3) is 0 Å². The Hall–Kier alpha value is 0.540. The molecule has 0 rings (SSSR count). The first-order valence-corrected chi connectivity index (χ1v) is 7.68. The average Bonchev–Trinajstić information content (AvgIpc) is 2.28. The van der Waals surface area contributed by atoms with E-state index in [0.717, 1.165) is 11.8 Å². The van der Waals surface area contributed by atoms with E-state index < -0.39 is 0 Å². The fraction of sp³-hybridized carbons (Fsp3) is 1.00. The molecule has 0 spiro atoms. The highest BCUT2D eigenvalue weighted by Gasteiger charge is 1.98. The number of hydrogen-bond donors (Lipinski definition) is 0. The fourth-order valence-electron chi connectivity index (χ4n) is 1.77. The van der Waals surface area contributed by atoms with Crippen molar-refractivity contribution in [3.63, 3.8) is 0 Å². The summed E-state index contributed by atoms with van der Waals surface area (Å²) in [6, 6.07) is 0. The van der Waals surface area contributed by atoms with Crippen molar-refractivity contribution in [3.05, 3.63) is 0 Å². The molecule has 0 saturated heterocycles. The van der Waals surface area contributed by atoms with Gasteiger partial charge in [-0.1, -0.05) is 25.7 Å². The number of rotatable bonds is 12. The van der Waals surface area contributed by atoms with Gasteiger partial charge < -0.3 is 4.90 Å². The lowest BCUT2D eigenvalue weighted by molar-refractivity contribution is 0.315. The second-order valence-electron chi connectivity index (χ2n) is 4.51. The standard InChI is InChI=1S/C13H27Cl2N/c1-16(12-8-4-2-6-10-14)13-9-5-3-7-11-15/h2-13H2,1H3. The van der Waals surface area contributed by atoms with Gasteiger partial charge in [0.05, 0.1) is 0 Å². The summed E-state index contributed by atoms with van der Waals surface area (Å²) in [6.45, 7) is 2.47. The van der Waals surface area contributed by atoms with E-state index in [1.54, 1.807) is 0 Å². The van der Waals surface area contributed by atoms with E-state index in [1.807, 2.05) is 0 Å². The van der Waals surface area contributed by atoms with Crippen LogP contribution in [0.2, 0.25) is 0 Å². The normalized spacial score (nSPS) is 11.2. The molecule has 0 heterocycles. The van der Waals surface area contributed by atoms with Crippen LogP contribution in [0.4, 0.5) is 0 Å². The van der Waals surface area contributed by atoms with Crippen molar-refractivity contribution >= 4 is 23.2 Å². The first-order valence-electron chi connectivity index (χ1n) is 6.61. The third kappa shape index (κ3) is 12.6.